The monoisotopic (exact) mass is 362 g/mol. The van der Waals surface area contributed by atoms with Gasteiger partial charge in [0.2, 0.25) is 0 Å². The Kier molecular flexibility index (Phi) is 13.0. The van der Waals surface area contributed by atoms with Crippen LogP contribution in [0.2, 0.25) is 0 Å². The Morgan fingerprint density at radius 3 is 2.25 bits per heavy atom. The highest BCUT2D eigenvalue weighted by Gasteiger charge is 2.09. The van der Waals surface area contributed by atoms with E-state index < -0.39 is 9.84 Å². The van der Waals surface area contributed by atoms with Crippen molar-refractivity contribution < 1.29 is 8.42 Å². The fourth-order valence-electron chi connectivity index (χ4n) is 2.47. The first-order chi connectivity index (χ1) is 11.3. The van der Waals surface area contributed by atoms with Crippen LogP contribution < -0.4 is 10.6 Å². The van der Waals surface area contributed by atoms with Gasteiger partial charge in [0, 0.05) is 25.4 Å². The largest absolute Gasteiger partial charge is 0.357 e. The normalized spacial score (nSPS) is 14.0. The predicted molar refractivity (Wildman–Crippen MR) is 105 cm³/mol. The van der Waals surface area contributed by atoms with Gasteiger partial charge in [0.05, 0.1) is 5.75 Å². The smallest absolute Gasteiger partial charge is 0.191 e. The molecule has 0 radical (unpaired) electrons. The van der Waals surface area contributed by atoms with E-state index in [-0.39, 0.29) is 11.8 Å². The summed E-state index contributed by atoms with van der Waals surface area (Å²) in [5.74, 6) is 0.972. The van der Waals surface area contributed by atoms with Gasteiger partial charge < -0.3 is 15.5 Å². The number of nitrogens with one attached hydrogen (secondary N) is 2. The highest BCUT2D eigenvalue weighted by Crippen LogP contribution is 1.98. The van der Waals surface area contributed by atoms with Crippen molar-refractivity contribution in [2.24, 2.45) is 4.99 Å². The van der Waals surface area contributed by atoms with Crippen LogP contribution in [0.4, 0.5) is 0 Å². The van der Waals surface area contributed by atoms with Crippen molar-refractivity contribution in [1.29, 1.82) is 0 Å². The van der Waals surface area contributed by atoms with Gasteiger partial charge in [0.15, 0.2) is 5.96 Å². The first-order valence-electron chi connectivity index (χ1n) is 9.27. The lowest BCUT2D eigenvalue weighted by Gasteiger charge is -2.20. The Morgan fingerprint density at radius 1 is 1.12 bits per heavy atom. The molecule has 6 nitrogen and oxygen atoms in total. The highest BCUT2D eigenvalue weighted by atomic mass is 32.2. The number of rotatable bonds is 13. The van der Waals surface area contributed by atoms with Crippen LogP contribution in [-0.4, -0.2) is 70.1 Å². The molecule has 144 valence electrons. The molecule has 0 heterocycles. The van der Waals surface area contributed by atoms with Crippen LogP contribution in [-0.2, 0) is 9.84 Å². The molecule has 0 aliphatic carbocycles. The molecular weight excluding hydrogens is 324 g/mol. The van der Waals surface area contributed by atoms with E-state index in [1.165, 1.54) is 19.1 Å². The molecule has 7 heteroatoms. The molecule has 0 rings (SSSR count). The first kappa shape index (κ1) is 23.2. The van der Waals surface area contributed by atoms with Crippen molar-refractivity contribution >= 4 is 15.8 Å². The fourth-order valence-corrected chi connectivity index (χ4v) is 3.25. The molecule has 0 aromatic carbocycles. The van der Waals surface area contributed by atoms with Crippen LogP contribution in [0.5, 0.6) is 0 Å². The Labute approximate surface area is 149 Å². The van der Waals surface area contributed by atoms with E-state index in [9.17, 15) is 8.42 Å². The number of sulfone groups is 1. The molecule has 0 bridgehead atoms. The van der Waals surface area contributed by atoms with Gasteiger partial charge in [-0.15, -0.1) is 0 Å². The van der Waals surface area contributed by atoms with Crippen molar-refractivity contribution in [3.63, 3.8) is 0 Å². The van der Waals surface area contributed by atoms with Crippen LogP contribution in [0.3, 0.4) is 0 Å². The summed E-state index contributed by atoms with van der Waals surface area (Å²) in [4.78, 5) is 7.10. The molecule has 0 fully saturated rings. The van der Waals surface area contributed by atoms with E-state index in [0.29, 0.717) is 6.42 Å². The summed E-state index contributed by atoms with van der Waals surface area (Å²) in [6, 6.07) is 0.0780. The maximum absolute atomic E-state index is 11.3. The van der Waals surface area contributed by atoms with E-state index in [1.807, 2.05) is 13.8 Å². The number of nitrogens with zero attached hydrogens (tertiary/aromatic N) is 2. The third-order valence-corrected chi connectivity index (χ3v) is 4.61. The zero-order valence-electron chi connectivity index (χ0n) is 16.3. The molecule has 0 saturated heterocycles. The second-order valence-corrected chi connectivity index (χ2v) is 8.68. The lowest BCUT2D eigenvalue weighted by molar-refractivity contribution is 0.273. The zero-order valence-corrected chi connectivity index (χ0v) is 17.1. The van der Waals surface area contributed by atoms with E-state index in [2.05, 4.69) is 34.4 Å². The van der Waals surface area contributed by atoms with Crippen molar-refractivity contribution in [2.45, 2.75) is 59.4 Å². The van der Waals surface area contributed by atoms with Gasteiger partial charge in [0.1, 0.15) is 9.84 Å². The quantitative estimate of drug-likeness (QED) is 0.297. The van der Waals surface area contributed by atoms with Crippen LogP contribution in [0.15, 0.2) is 4.99 Å². The van der Waals surface area contributed by atoms with Gasteiger partial charge >= 0.3 is 0 Å². The Bertz CT molecular complexity index is 432. The Hall–Kier alpha value is -0.820. The summed E-state index contributed by atoms with van der Waals surface area (Å²) in [6.45, 7) is 13.4. The topological polar surface area (TPSA) is 73.8 Å². The van der Waals surface area contributed by atoms with Gasteiger partial charge in [-0.2, -0.15) is 0 Å². The molecule has 0 saturated carbocycles. The summed E-state index contributed by atoms with van der Waals surface area (Å²) in [5, 5.41) is 6.51. The van der Waals surface area contributed by atoms with E-state index in [0.717, 1.165) is 45.1 Å². The summed E-state index contributed by atoms with van der Waals surface area (Å²) < 4.78 is 22.5. The fraction of sp³-hybridized carbons (Fsp3) is 0.941. The SMILES string of the molecule is CCCN(CCC)CCCN=C(NCC)NC(C)CCS(C)(=O)=O. The molecule has 24 heavy (non-hydrogen) atoms. The zero-order chi connectivity index (χ0) is 18.4. The average Bonchev–Trinajstić information content (AvgIpc) is 2.49. The van der Waals surface area contributed by atoms with E-state index in [4.69, 9.17) is 0 Å². The van der Waals surface area contributed by atoms with Crippen molar-refractivity contribution in [2.75, 3.05) is 44.7 Å². The number of hydrogen-bond acceptors (Lipinski definition) is 4. The first-order valence-corrected chi connectivity index (χ1v) is 11.3. The molecule has 0 spiro atoms. The van der Waals surface area contributed by atoms with Crippen LogP contribution in [0, 0.1) is 0 Å². The lowest BCUT2D eigenvalue weighted by atomic mass is 10.3. The second kappa shape index (κ2) is 13.5. The third-order valence-electron chi connectivity index (χ3n) is 3.63. The summed E-state index contributed by atoms with van der Waals surface area (Å²) >= 11 is 0. The van der Waals surface area contributed by atoms with Crippen molar-refractivity contribution in [3.05, 3.63) is 0 Å². The molecule has 0 amide bonds. The Balaban J connectivity index is 4.30. The minimum absolute atomic E-state index is 0.0780. The van der Waals surface area contributed by atoms with Gasteiger partial charge in [-0.1, -0.05) is 13.8 Å². The van der Waals surface area contributed by atoms with Gasteiger partial charge in [-0.05, 0) is 59.2 Å². The lowest BCUT2D eigenvalue weighted by Crippen LogP contribution is -2.43. The van der Waals surface area contributed by atoms with E-state index in [1.54, 1.807) is 0 Å². The molecule has 1 atom stereocenters. The number of aliphatic imine (C=N–C) groups is 1. The summed E-state index contributed by atoms with van der Waals surface area (Å²) in [5.41, 5.74) is 0. The minimum atomic E-state index is -2.91. The van der Waals surface area contributed by atoms with E-state index >= 15 is 0 Å². The maximum atomic E-state index is 11.3. The van der Waals surface area contributed by atoms with Crippen LogP contribution in [0.25, 0.3) is 0 Å². The van der Waals surface area contributed by atoms with Crippen LogP contribution >= 0.6 is 0 Å². The molecule has 2 N–H and O–H groups in total. The Morgan fingerprint density at radius 2 is 1.75 bits per heavy atom. The molecule has 0 aliphatic heterocycles. The molecule has 1 unspecified atom stereocenters. The van der Waals surface area contributed by atoms with Gasteiger partial charge in [-0.3, -0.25) is 4.99 Å². The maximum Gasteiger partial charge on any atom is 0.191 e. The van der Waals surface area contributed by atoms with Gasteiger partial charge in [-0.25, -0.2) is 8.42 Å². The average molecular weight is 363 g/mol. The molecule has 0 aromatic rings. The second-order valence-electron chi connectivity index (χ2n) is 6.42. The minimum Gasteiger partial charge on any atom is -0.357 e. The molecule has 0 aliphatic rings. The molecular formula is C17H38N4O2S. The summed E-state index contributed by atoms with van der Waals surface area (Å²) in [7, 11) is -2.91. The predicted octanol–water partition coefficient (Wildman–Crippen LogP) is 1.88. The molecule has 0 aromatic heterocycles. The van der Waals surface area contributed by atoms with Crippen LogP contribution in [0.1, 0.15) is 53.4 Å². The van der Waals surface area contributed by atoms with Gasteiger partial charge in [0.25, 0.3) is 0 Å². The highest BCUT2D eigenvalue weighted by molar-refractivity contribution is 7.90. The third kappa shape index (κ3) is 13.6. The standard InChI is InChI=1S/C17H38N4O2S/c1-6-12-21(13-7-2)14-9-11-19-17(18-8-3)20-16(4)10-15-24(5,22)23/h16H,6-15H2,1-5H3,(H2,18,19,20). The van der Waals surface area contributed by atoms with Crippen molar-refractivity contribution in [1.82, 2.24) is 15.5 Å². The van der Waals surface area contributed by atoms with Crippen molar-refractivity contribution in [3.8, 4) is 0 Å². The number of hydrogen-bond donors (Lipinski definition) is 2. The summed E-state index contributed by atoms with van der Waals surface area (Å²) in [6.07, 6.45) is 5.27. The number of guanidine groups is 1.